The molecule has 2 aromatic rings. The molecular weight excluding hydrogens is 392 g/mol. The third-order valence-corrected chi connectivity index (χ3v) is 5.82. The molecule has 166 valence electrons. The number of amides is 2. The average Bonchev–Trinajstić information content (AvgIpc) is 2.74. The zero-order valence-corrected chi connectivity index (χ0v) is 18.8. The van der Waals surface area contributed by atoms with Crippen molar-refractivity contribution in [3.05, 3.63) is 41.7 Å². The van der Waals surface area contributed by atoms with Crippen molar-refractivity contribution in [1.29, 1.82) is 0 Å². The minimum atomic E-state index is -0.625. The highest BCUT2D eigenvalue weighted by Crippen LogP contribution is 2.24. The Bertz CT molecular complexity index is 920. The predicted octanol–water partition coefficient (Wildman–Crippen LogP) is 3.14. The molecule has 8 heteroatoms. The third kappa shape index (κ3) is 5.71. The standard InChI is InChI=1S/C23H32N6O2/c1-15(2)18-5-7-19(8-6-18)26-23-21(22(24)31)25-13-20(27-23)28(4)14-17-9-11-29(12-10-17)16(3)30/h5-8,13,15,17H,9-12,14H2,1-4H3,(H2,24,31)(H,26,27). The number of carbonyl (C=O) groups excluding carboxylic acids is 2. The lowest BCUT2D eigenvalue weighted by molar-refractivity contribution is -0.130. The summed E-state index contributed by atoms with van der Waals surface area (Å²) >= 11 is 0. The van der Waals surface area contributed by atoms with Gasteiger partial charge in [-0.1, -0.05) is 26.0 Å². The molecule has 0 saturated carbocycles. The fourth-order valence-electron chi connectivity index (χ4n) is 3.83. The molecule has 31 heavy (non-hydrogen) atoms. The highest BCUT2D eigenvalue weighted by atomic mass is 16.2. The third-order valence-electron chi connectivity index (χ3n) is 5.82. The lowest BCUT2D eigenvalue weighted by Crippen LogP contribution is -2.40. The number of primary amides is 1. The van der Waals surface area contributed by atoms with Crippen molar-refractivity contribution in [2.24, 2.45) is 11.7 Å². The summed E-state index contributed by atoms with van der Waals surface area (Å²) in [5.41, 5.74) is 7.68. The topological polar surface area (TPSA) is 104 Å². The summed E-state index contributed by atoms with van der Waals surface area (Å²) in [6, 6.07) is 8.02. The van der Waals surface area contributed by atoms with Crippen molar-refractivity contribution in [3.8, 4) is 0 Å². The van der Waals surface area contributed by atoms with Gasteiger partial charge in [-0.25, -0.2) is 9.97 Å². The number of carbonyl (C=O) groups is 2. The number of piperidine rings is 1. The number of benzene rings is 1. The minimum absolute atomic E-state index is 0.111. The van der Waals surface area contributed by atoms with E-state index in [2.05, 4.69) is 29.1 Å². The van der Waals surface area contributed by atoms with Gasteiger partial charge in [0.2, 0.25) is 5.91 Å². The van der Waals surface area contributed by atoms with E-state index >= 15 is 0 Å². The zero-order valence-electron chi connectivity index (χ0n) is 18.8. The van der Waals surface area contributed by atoms with E-state index in [1.165, 1.54) is 5.56 Å². The van der Waals surface area contributed by atoms with E-state index < -0.39 is 5.91 Å². The molecule has 0 unspecified atom stereocenters. The number of nitrogens with two attached hydrogens (primary N) is 1. The lowest BCUT2D eigenvalue weighted by atomic mass is 9.96. The second kappa shape index (κ2) is 9.76. The van der Waals surface area contributed by atoms with E-state index in [0.29, 0.717) is 23.5 Å². The summed E-state index contributed by atoms with van der Waals surface area (Å²) in [5, 5.41) is 3.19. The molecule has 0 atom stereocenters. The number of rotatable bonds is 7. The molecule has 1 saturated heterocycles. The number of hydrogen-bond acceptors (Lipinski definition) is 6. The van der Waals surface area contributed by atoms with Gasteiger partial charge in [0.05, 0.1) is 6.20 Å². The molecule has 0 spiro atoms. The molecule has 0 aliphatic carbocycles. The molecule has 3 rings (SSSR count). The van der Waals surface area contributed by atoms with Gasteiger partial charge in [0.25, 0.3) is 5.91 Å². The second-order valence-electron chi connectivity index (χ2n) is 8.52. The number of aromatic nitrogens is 2. The van der Waals surface area contributed by atoms with Crippen LogP contribution < -0.4 is 16.0 Å². The smallest absolute Gasteiger partial charge is 0.271 e. The number of likely N-dealkylation sites (tertiary alicyclic amines) is 1. The van der Waals surface area contributed by atoms with Crippen LogP contribution >= 0.6 is 0 Å². The molecule has 1 fully saturated rings. The predicted molar refractivity (Wildman–Crippen MR) is 123 cm³/mol. The number of anilines is 3. The maximum atomic E-state index is 11.9. The molecule has 1 aromatic carbocycles. The van der Waals surface area contributed by atoms with E-state index in [-0.39, 0.29) is 11.6 Å². The van der Waals surface area contributed by atoms with Gasteiger partial charge in [-0.05, 0) is 42.4 Å². The highest BCUT2D eigenvalue weighted by molar-refractivity contribution is 5.96. The van der Waals surface area contributed by atoms with Crippen LogP contribution in [0.15, 0.2) is 30.5 Å². The Labute approximate surface area is 183 Å². The van der Waals surface area contributed by atoms with Crippen LogP contribution in [0.5, 0.6) is 0 Å². The molecule has 0 bridgehead atoms. The van der Waals surface area contributed by atoms with Gasteiger partial charge >= 0.3 is 0 Å². The van der Waals surface area contributed by atoms with Crippen LogP contribution in [-0.2, 0) is 4.79 Å². The Kier molecular flexibility index (Phi) is 7.09. The van der Waals surface area contributed by atoms with E-state index in [1.54, 1.807) is 13.1 Å². The van der Waals surface area contributed by atoms with Crippen LogP contribution in [0.3, 0.4) is 0 Å². The first kappa shape index (κ1) is 22.5. The summed E-state index contributed by atoms with van der Waals surface area (Å²) in [6.45, 7) is 8.29. The van der Waals surface area contributed by atoms with Crippen molar-refractivity contribution >= 4 is 29.1 Å². The Balaban J connectivity index is 1.73. The zero-order chi connectivity index (χ0) is 22.5. The molecule has 2 amide bonds. The minimum Gasteiger partial charge on any atom is -0.364 e. The van der Waals surface area contributed by atoms with Crippen LogP contribution in [0.2, 0.25) is 0 Å². The number of hydrogen-bond donors (Lipinski definition) is 2. The SMILES string of the molecule is CC(=O)N1CCC(CN(C)c2cnc(C(N)=O)c(Nc3ccc(C(C)C)cc3)n2)CC1. The summed E-state index contributed by atoms with van der Waals surface area (Å²) in [6.07, 6.45) is 3.51. The Hall–Kier alpha value is -3.16. The van der Waals surface area contributed by atoms with E-state index in [9.17, 15) is 9.59 Å². The summed E-state index contributed by atoms with van der Waals surface area (Å²) < 4.78 is 0. The van der Waals surface area contributed by atoms with Crippen molar-refractivity contribution in [1.82, 2.24) is 14.9 Å². The Morgan fingerprint density at radius 3 is 2.42 bits per heavy atom. The molecule has 1 aromatic heterocycles. The van der Waals surface area contributed by atoms with Gasteiger partial charge < -0.3 is 20.9 Å². The van der Waals surface area contributed by atoms with Gasteiger partial charge in [0.15, 0.2) is 11.5 Å². The van der Waals surface area contributed by atoms with Crippen molar-refractivity contribution in [3.63, 3.8) is 0 Å². The fraction of sp³-hybridized carbons (Fsp3) is 0.478. The lowest BCUT2D eigenvalue weighted by Gasteiger charge is -2.33. The van der Waals surface area contributed by atoms with Gasteiger partial charge in [-0.3, -0.25) is 9.59 Å². The van der Waals surface area contributed by atoms with Crippen molar-refractivity contribution in [2.75, 3.05) is 36.9 Å². The van der Waals surface area contributed by atoms with Gasteiger partial charge in [0.1, 0.15) is 5.82 Å². The van der Waals surface area contributed by atoms with Crippen molar-refractivity contribution in [2.45, 2.75) is 39.5 Å². The van der Waals surface area contributed by atoms with Gasteiger partial charge in [-0.2, -0.15) is 0 Å². The van der Waals surface area contributed by atoms with Crippen LogP contribution in [-0.4, -0.2) is 53.4 Å². The maximum Gasteiger partial charge on any atom is 0.271 e. The molecule has 3 N–H and O–H groups in total. The maximum absolute atomic E-state index is 11.9. The molecular formula is C23H32N6O2. The van der Waals surface area contributed by atoms with Crippen LogP contribution in [0.4, 0.5) is 17.3 Å². The van der Waals surface area contributed by atoms with E-state index in [1.807, 2.05) is 41.1 Å². The number of nitrogens with one attached hydrogen (secondary N) is 1. The number of nitrogens with zero attached hydrogens (tertiary/aromatic N) is 4. The fourth-order valence-corrected chi connectivity index (χ4v) is 3.83. The molecule has 8 nitrogen and oxygen atoms in total. The average molecular weight is 425 g/mol. The van der Waals surface area contributed by atoms with Gasteiger partial charge in [0, 0.05) is 39.3 Å². The first-order chi connectivity index (χ1) is 14.7. The molecule has 2 heterocycles. The monoisotopic (exact) mass is 424 g/mol. The van der Waals surface area contributed by atoms with Crippen LogP contribution in [0, 0.1) is 5.92 Å². The second-order valence-corrected chi connectivity index (χ2v) is 8.52. The summed E-state index contributed by atoms with van der Waals surface area (Å²) in [7, 11) is 1.96. The first-order valence-corrected chi connectivity index (χ1v) is 10.7. The van der Waals surface area contributed by atoms with E-state index in [0.717, 1.165) is 38.2 Å². The molecule has 1 aliphatic heterocycles. The quantitative estimate of drug-likeness (QED) is 0.708. The molecule has 0 radical (unpaired) electrons. The first-order valence-electron chi connectivity index (χ1n) is 10.7. The summed E-state index contributed by atoms with van der Waals surface area (Å²) in [5.74, 6) is 1.44. The van der Waals surface area contributed by atoms with E-state index in [4.69, 9.17) is 5.73 Å². The normalized spacial score (nSPS) is 14.5. The summed E-state index contributed by atoms with van der Waals surface area (Å²) in [4.78, 5) is 36.3. The van der Waals surface area contributed by atoms with Crippen LogP contribution in [0.1, 0.15) is 55.6 Å². The molecule has 1 aliphatic rings. The Morgan fingerprint density at radius 1 is 1.23 bits per heavy atom. The van der Waals surface area contributed by atoms with Crippen molar-refractivity contribution < 1.29 is 9.59 Å². The largest absolute Gasteiger partial charge is 0.364 e. The highest BCUT2D eigenvalue weighted by Gasteiger charge is 2.23. The van der Waals surface area contributed by atoms with Gasteiger partial charge in [-0.15, -0.1) is 0 Å². The Morgan fingerprint density at radius 2 is 1.87 bits per heavy atom. The van der Waals surface area contributed by atoms with Crippen LogP contribution in [0.25, 0.3) is 0 Å².